The van der Waals surface area contributed by atoms with Crippen LogP contribution in [0.4, 0.5) is 5.69 Å². The zero-order valence-corrected chi connectivity index (χ0v) is 16.2. The van der Waals surface area contributed by atoms with Gasteiger partial charge in [-0.2, -0.15) is 0 Å². The van der Waals surface area contributed by atoms with E-state index in [4.69, 9.17) is 4.74 Å². The van der Waals surface area contributed by atoms with Gasteiger partial charge >= 0.3 is 0 Å². The Hall–Kier alpha value is -2.73. The molecule has 0 aliphatic carbocycles. The van der Waals surface area contributed by atoms with E-state index >= 15 is 0 Å². The summed E-state index contributed by atoms with van der Waals surface area (Å²) in [5, 5.41) is 10.5. The molecule has 0 spiro atoms. The third-order valence-corrected chi connectivity index (χ3v) is 4.90. The smallest absolute Gasteiger partial charge is 0.266 e. The number of nitrogens with zero attached hydrogens (tertiary/aromatic N) is 2. The first-order valence-electron chi connectivity index (χ1n) is 8.93. The number of para-hydroxylation sites is 1. The molecule has 0 atom stereocenters. The molecule has 1 aliphatic heterocycles. The predicted octanol–water partition coefficient (Wildman–Crippen LogP) is 4.80. The van der Waals surface area contributed by atoms with Crippen molar-refractivity contribution in [3.05, 3.63) is 59.0 Å². The number of hydrogen-bond acceptors (Lipinski definition) is 5. The van der Waals surface area contributed by atoms with Crippen molar-refractivity contribution < 1.29 is 14.6 Å². The van der Waals surface area contributed by atoms with E-state index < -0.39 is 0 Å². The van der Waals surface area contributed by atoms with Gasteiger partial charge in [-0.1, -0.05) is 31.2 Å². The molecule has 6 heteroatoms. The number of amides is 1. The highest BCUT2D eigenvalue weighted by molar-refractivity contribution is 8.18. The van der Waals surface area contributed by atoms with Crippen molar-refractivity contribution >= 4 is 34.6 Å². The summed E-state index contributed by atoms with van der Waals surface area (Å²) in [6.45, 7) is 4.97. The number of phenols is 1. The van der Waals surface area contributed by atoms with Gasteiger partial charge in [0.15, 0.2) is 16.7 Å². The van der Waals surface area contributed by atoms with Crippen LogP contribution in [0.5, 0.6) is 11.5 Å². The maximum Gasteiger partial charge on any atom is 0.266 e. The number of carbonyl (C=O) groups excluding carboxylic acids is 1. The summed E-state index contributed by atoms with van der Waals surface area (Å²) in [6.07, 6.45) is 2.66. The zero-order valence-electron chi connectivity index (χ0n) is 15.4. The van der Waals surface area contributed by atoms with Gasteiger partial charge in [-0.05, 0) is 61.0 Å². The van der Waals surface area contributed by atoms with Crippen LogP contribution < -0.4 is 4.74 Å². The second kappa shape index (κ2) is 8.77. The molecule has 3 rings (SSSR count). The number of hydrogen-bond donors (Lipinski definition) is 1. The standard InChI is InChI=1S/C21H22N2O3S/c1-3-12-23-20(25)19(27-21(23)22-16-8-6-5-7-9-16)14-15-10-11-17(24)18(13-15)26-4-2/h5-11,13-14,24H,3-4,12H2,1-2H3/b19-14+,22-21?. The summed E-state index contributed by atoms with van der Waals surface area (Å²) in [4.78, 5) is 19.8. The average Bonchev–Trinajstić information content (AvgIpc) is 2.95. The normalized spacial score (nSPS) is 17.1. The first-order chi connectivity index (χ1) is 13.1. The molecule has 1 amide bonds. The summed E-state index contributed by atoms with van der Waals surface area (Å²) < 4.78 is 5.42. The average molecular weight is 382 g/mol. The van der Waals surface area contributed by atoms with Gasteiger partial charge < -0.3 is 9.84 Å². The Bertz CT molecular complexity index is 878. The molecule has 0 aromatic heterocycles. The van der Waals surface area contributed by atoms with Crippen molar-refractivity contribution in [2.24, 2.45) is 4.99 Å². The first kappa shape index (κ1) is 19.0. The molecule has 2 aromatic carbocycles. The Kier molecular flexibility index (Phi) is 6.19. The molecule has 1 fully saturated rings. The molecule has 1 aliphatic rings. The Morgan fingerprint density at radius 3 is 2.67 bits per heavy atom. The fourth-order valence-corrected chi connectivity index (χ4v) is 3.69. The quantitative estimate of drug-likeness (QED) is 0.729. The second-order valence-electron chi connectivity index (χ2n) is 5.96. The number of rotatable bonds is 6. The van der Waals surface area contributed by atoms with Crippen LogP contribution in [0.15, 0.2) is 58.4 Å². The minimum atomic E-state index is -0.0532. The molecule has 0 unspecified atom stereocenters. The van der Waals surface area contributed by atoms with Crippen molar-refractivity contribution in [1.82, 2.24) is 4.90 Å². The minimum Gasteiger partial charge on any atom is -0.504 e. The monoisotopic (exact) mass is 382 g/mol. The van der Waals surface area contributed by atoms with Gasteiger partial charge in [-0.15, -0.1) is 0 Å². The van der Waals surface area contributed by atoms with Gasteiger partial charge in [0.05, 0.1) is 17.2 Å². The summed E-state index contributed by atoms with van der Waals surface area (Å²) in [5.74, 6) is 0.441. The molecule has 140 valence electrons. The maximum absolute atomic E-state index is 12.9. The van der Waals surface area contributed by atoms with E-state index in [0.717, 1.165) is 17.7 Å². The number of benzene rings is 2. The van der Waals surface area contributed by atoms with E-state index in [2.05, 4.69) is 4.99 Å². The lowest BCUT2D eigenvalue weighted by Gasteiger charge is -2.13. The largest absolute Gasteiger partial charge is 0.504 e. The molecular formula is C21H22N2O3S. The van der Waals surface area contributed by atoms with Crippen LogP contribution in [0.1, 0.15) is 25.8 Å². The number of amidine groups is 1. The van der Waals surface area contributed by atoms with Crippen LogP contribution >= 0.6 is 11.8 Å². The molecule has 2 aromatic rings. The van der Waals surface area contributed by atoms with E-state index in [-0.39, 0.29) is 11.7 Å². The number of aromatic hydroxyl groups is 1. The lowest BCUT2D eigenvalue weighted by molar-refractivity contribution is -0.122. The summed E-state index contributed by atoms with van der Waals surface area (Å²) in [7, 11) is 0. The Morgan fingerprint density at radius 1 is 1.19 bits per heavy atom. The molecule has 27 heavy (non-hydrogen) atoms. The van der Waals surface area contributed by atoms with Gasteiger partial charge in [0.1, 0.15) is 0 Å². The molecule has 0 bridgehead atoms. The Labute approximate surface area is 163 Å². The first-order valence-corrected chi connectivity index (χ1v) is 9.75. The van der Waals surface area contributed by atoms with Crippen LogP contribution in [0, 0.1) is 0 Å². The predicted molar refractivity (Wildman–Crippen MR) is 110 cm³/mol. The number of phenolic OH excluding ortho intramolecular Hbond substituents is 1. The van der Waals surface area contributed by atoms with Crippen LogP contribution in [0.25, 0.3) is 6.08 Å². The Morgan fingerprint density at radius 2 is 1.96 bits per heavy atom. The second-order valence-corrected chi connectivity index (χ2v) is 6.97. The fraction of sp³-hybridized carbons (Fsp3) is 0.238. The summed E-state index contributed by atoms with van der Waals surface area (Å²) in [6, 6.07) is 14.7. The highest BCUT2D eigenvalue weighted by Crippen LogP contribution is 2.35. The molecule has 1 heterocycles. The Balaban J connectivity index is 1.92. The molecular weight excluding hydrogens is 360 g/mol. The highest BCUT2D eigenvalue weighted by atomic mass is 32.2. The summed E-state index contributed by atoms with van der Waals surface area (Å²) in [5.41, 5.74) is 1.61. The van der Waals surface area contributed by atoms with E-state index in [0.29, 0.717) is 29.0 Å². The lowest BCUT2D eigenvalue weighted by Crippen LogP contribution is -2.29. The topological polar surface area (TPSA) is 62.1 Å². The van der Waals surface area contributed by atoms with Crippen molar-refractivity contribution in [2.45, 2.75) is 20.3 Å². The van der Waals surface area contributed by atoms with Gasteiger partial charge in [0, 0.05) is 6.54 Å². The number of aliphatic imine (C=N–C) groups is 1. The number of carbonyl (C=O) groups is 1. The minimum absolute atomic E-state index is 0.0532. The van der Waals surface area contributed by atoms with Crippen LogP contribution in [0.3, 0.4) is 0 Å². The van der Waals surface area contributed by atoms with Gasteiger partial charge in [-0.3, -0.25) is 9.69 Å². The van der Waals surface area contributed by atoms with E-state index in [1.807, 2.05) is 50.3 Å². The molecule has 1 N–H and O–H groups in total. The van der Waals surface area contributed by atoms with Crippen molar-refractivity contribution in [3.63, 3.8) is 0 Å². The van der Waals surface area contributed by atoms with E-state index in [9.17, 15) is 9.90 Å². The van der Waals surface area contributed by atoms with Crippen LogP contribution in [-0.4, -0.2) is 34.2 Å². The highest BCUT2D eigenvalue weighted by Gasteiger charge is 2.32. The van der Waals surface area contributed by atoms with Crippen molar-refractivity contribution in [3.8, 4) is 11.5 Å². The number of ether oxygens (including phenoxy) is 1. The van der Waals surface area contributed by atoms with Gasteiger partial charge in [-0.25, -0.2) is 4.99 Å². The van der Waals surface area contributed by atoms with E-state index in [1.165, 1.54) is 11.8 Å². The molecule has 0 saturated carbocycles. The summed E-state index contributed by atoms with van der Waals surface area (Å²) >= 11 is 1.36. The maximum atomic E-state index is 12.9. The van der Waals surface area contributed by atoms with Crippen molar-refractivity contribution in [1.29, 1.82) is 0 Å². The van der Waals surface area contributed by atoms with Gasteiger partial charge in [0.2, 0.25) is 0 Å². The van der Waals surface area contributed by atoms with E-state index in [1.54, 1.807) is 23.1 Å². The molecule has 0 radical (unpaired) electrons. The zero-order chi connectivity index (χ0) is 19.2. The molecule has 5 nitrogen and oxygen atoms in total. The number of thioether (sulfide) groups is 1. The SMILES string of the molecule is CCCN1C(=O)/C(=C\c2ccc(O)c(OCC)c2)SC1=Nc1ccccc1. The van der Waals surface area contributed by atoms with Gasteiger partial charge in [0.25, 0.3) is 5.91 Å². The third kappa shape index (κ3) is 4.52. The third-order valence-electron chi connectivity index (χ3n) is 3.90. The fourth-order valence-electron chi connectivity index (χ4n) is 2.67. The van der Waals surface area contributed by atoms with Crippen LogP contribution in [-0.2, 0) is 4.79 Å². The molecule has 1 saturated heterocycles. The lowest BCUT2D eigenvalue weighted by atomic mass is 10.2. The van der Waals surface area contributed by atoms with Crippen molar-refractivity contribution in [2.75, 3.05) is 13.2 Å². The van der Waals surface area contributed by atoms with Crippen LogP contribution in [0.2, 0.25) is 0 Å².